The molecule has 0 amide bonds. The lowest BCUT2D eigenvalue weighted by Crippen LogP contribution is -2.34. The third-order valence-electron chi connectivity index (χ3n) is 1.34. The Hall–Kier alpha value is 0.230. The summed E-state index contributed by atoms with van der Waals surface area (Å²) in [7, 11) is 1.48. The van der Waals surface area contributed by atoms with Gasteiger partial charge in [-0.2, -0.15) is 13.2 Å². The highest BCUT2D eigenvalue weighted by molar-refractivity contribution is 9.09. The van der Waals surface area contributed by atoms with Crippen LogP contribution in [0.5, 0.6) is 0 Å². The molecule has 0 aliphatic heterocycles. The van der Waals surface area contributed by atoms with Gasteiger partial charge in [0.05, 0.1) is 6.54 Å². The summed E-state index contributed by atoms with van der Waals surface area (Å²) >= 11 is 3.21. The number of halogens is 4. The van der Waals surface area contributed by atoms with Gasteiger partial charge in [-0.05, 0) is 13.0 Å². The van der Waals surface area contributed by atoms with E-state index in [0.29, 0.717) is 6.54 Å². The van der Waals surface area contributed by atoms with Crippen LogP contribution in [-0.2, 0) is 0 Å². The van der Waals surface area contributed by atoms with Crippen molar-refractivity contribution >= 4 is 15.9 Å². The molecule has 0 heterocycles. The summed E-state index contributed by atoms with van der Waals surface area (Å²) in [5, 5.41) is 0.731. The molecule has 0 N–H and O–H groups in total. The van der Waals surface area contributed by atoms with Crippen LogP contribution in [-0.4, -0.2) is 36.5 Å². The van der Waals surface area contributed by atoms with Crippen molar-refractivity contribution in [2.75, 3.05) is 25.5 Å². The van der Waals surface area contributed by atoms with E-state index in [0.717, 1.165) is 5.33 Å². The lowest BCUT2D eigenvalue weighted by Gasteiger charge is -2.21. The number of hydrogen-bond acceptors (Lipinski definition) is 1. The van der Waals surface area contributed by atoms with Crippen molar-refractivity contribution in [3.63, 3.8) is 0 Å². The average Bonchev–Trinajstić information content (AvgIpc) is 1.82. The van der Waals surface area contributed by atoms with Crippen LogP contribution < -0.4 is 0 Å². The zero-order valence-corrected chi connectivity index (χ0v) is 8.74. The lowest BCUT2D eigenvalue weighted by molar-refractivity contribution is -0.143. The van der Waals surface area contributed by atoms with Gasteiger partial charge in [-0.15, -0.1) is 0 Å². The van der Waals surface area contributed by atoms with Crippen molar-refractivity contribution in [2.45, 2.75) is 13.1 Å². The van der Waals surface area contributed by atoms with Gasteiger partial charge in [-0.1, -0.05) is 22.9 Å². The van der Waals surface area contributed by atoms with Gasteiger partial charge in [0.1, 0.15) is 0 Å². The van der Waals surface area contributed by atoms with Crippen LogP contribution in [0.4, 0.5) is 13.2 Å². The lowest BCUT2D eigenvalue weighted by atomic mass is 10.2. The van der Waals surface area contributed by atoms with Gasteiger partial charge < -0.3 is 0 Å². The van der Waals surface area contributed by atoms with E-state index in [4.69, 9.17) is 0 Å². The Morgan fingerprint density at radius 1 is 1.42 bits per heavy atom. The van der Waals surface area contributed by atoms with E-state index in [2.05, 4.69) is 15.9 Å². The molecule has 5 heteroatoms. The Balaban J connectivity index is 3.66. The Morgan fingerprint density at radius 3 is 2.25 bits per heavy atom. The van der Waals surface area contributed by atoms with E-state index in [1.54, 1.807) is 0 Å². The number of rotatable bonds is 4. The zero-order valence-electron chi connectivity index (χ0n) is 7.16. The molecule has 0 bridgehead atoms. The van der Waals surface area contributed by atoms with Crippen molar-refractivity contribution in [3.05, 3.63) is 0 Å². The molecule has 1 unspecified atom stereocenters. The smallest absolute Gasteiger partial charge is 0.298 e. The van der Waals surface area contributed by atoms with Gasteiger partial charge in [0, 0.05) is 11.9 Å². The molecule has 0 spiro atoms. The predicted octanol–water partition coefficient (Wildman–Crippen LogP) is 2.51. The molecular weight excluding hydrogens is 235 g/mol. The molecule has 0 fully saturated rings. The topological polar surface area (TPSA) is 3.24 Å². The summed E-state index contributed by atoms with van der Waals surface area (Å²) in [6.07, 6.45) is -4.08. The van der Waals surface area contributed by atoms with E-state index in [1.165, 1.54) is 11.9 Å². The van der Waals surface area contributed by atoms with Crippen molar-refractivity contribution < 1.29 is 13.2 Å². The summed E-state index contributed by atoms with van der Waals surface area (Å²) in [4.78, 5) is 1.28. The summed E-state index contributed by atoms with van der Waals surface area (Å²) in [6.45, 7) is 1.54. The molecule has 0 aliphatic carbocycles. The molecule has 0 radical (unpaired) electrons. The highest BCUT2D eigenvalue weighted by Crippen LogP contribution is 2.16. The first-order chi connectivity index (χ1) is 5.35. The second kappa shape index (κ2) is 5.07. The van der Waals surface area contributed by atoms with Crippen LogP contribution in [0.15, 0.2) is 0 Å². The highest BCUT2D eigenvalue weighted by atomic mass is 79.9. The first-order valence-corrected chi connectivity index (χ1v) is 4.78. The molecule has 1 atom stereocenters. The maximum Gasteiger partial charge on any atom is 0.401 e. The van der Waals surface area contributed by atoms with Gasteiger partial charge in [0.25, 0.3) is 0 Å². The zero-order chi connectivity index (χ0) is 9.78. The Bertz CT molecular complexity index is 126. The summed E-state index contributed by atoms with van der Waals surface area (Å²) in [5.74, 6) is 0.248. The minimum absolute atomic E-state index is 0.248. The first kappa shape index (κ1) is 12.2. The average molecular weight is 248 g/mol. The van der Waals surface area contributed by atoms with Crippen LogP contribution in [0.2, 0.25) is 0 Å². The molecule has 0 aromatic rings. The second-order valence-corrected chi connectivity index (χ2v) is 3.72. The molecule has 1 nitrogen and oxygen atoms in total. The molecule has 0 aromatic heterocycles. The maximum atomic E-state index is 11.8. The van der Waals surface area contributed by atoms with Gasteiger partial charge >= 0.3 is 6.18 Å². The van der Waals surface area contributed by atoms with Crippen LogP contribution in [0.3, 0.4) is 0 Å². The second-order valence-electron chi connectivity index (χ2n) is 3.07. The molecule has 0 saturated heterocycles. The van der Waals surface area contributed by atoms with Crippen LogP contribution in [0.1, 0.15) is 6.92 Å². The van der Waals surface area contributed by atoms with E-state index in [9.17, 15) is 13.2 Å². The minimum Gasteiger partial charge on any atom is -0.298 e. The fraction of sp³-hybridized carbons (Fsp3) is 1.00. The Morgan fingerprint density at radius 2 is 1.92 bits per heavy atom. The minimum atomic E-state index is -4.08. The predicted molar refractivity (Wildman–Crippen MR) is 46.5 cm³/mol. The third-order valence-corrected chi connectivity index (χ3v) is 2.44. The molecule has 0 aliphatic rings. The quantitative estimate of drug-likeness (QED) is 0.691. The number of alkyl halides is 4. The molecule has 74 valence electrons. The van der Waals surface area contributed by atoms with Crippen molar-refractivity contribution in [1.82, 2.24) is 4.90 Å². The van der Waals surface area contributed by atoms with E-state index < -0.39 is 12.7 Å². The van der Waals surface area contributed by atoms with Gasteiger partial charge in [-0.25, -0.2) is 0 Å². The first-order valence-electron chi connectivity index (χ1n) is 3.66. The van der Waals surface area contributed by atoms with Crippen LogP contribution >= 0.6 is 15.9 Å². The molecule has 0 rings (SSSR count). The fourth-order valence-electron chi connectivity index (χ4n) is 0.951. The van der Waals surface area contributed by atoms with Crippen LogP contribution in [0.25, 0.3) is 0 Å². The summed E-state index contributed by atoms with van der Waals surface area (Å²) in [6, 6.07) is 0. The largest absolute Gasteiger partial charge is 0.401 e. The van der Waals surface area contributed by atoms with Gasteiger partial charge in [-0.3, -0.25) is 4.90 Å². The van der Waals surface area contributed by atoms with Gasteiger partial charge in [0.15, 0.2) is 0 Å². The van der Waals surface area contributed by atoms with Crippen molar-refractivity contribution in [1.29, 1.82) is 0 Å². The van der Waals surface area contributed by atoms with Crippen molar-refractivity contribution in [2.24, 2.45) is 5.92 Å². The van der Waals surface area contributed by atoms with E-state index in [1.807, 2.05) is 6.92 Å². The Labute approximate surface area is 79.1 Å². The molecular formula is C7H13BrF3N. The highest BCUT2D eigenvalue weighted by Gasteiger charge is 2.29. The third kappa shape index (κ3) is 6.91. The number of nitrogens with zero attached hydrogens (tertiary/aromatic N) is 1. The van der Waals surface area contributed by atoms with Crippen molar-refractivity contribution in [3.8, 4) is 0 Å². The summed E-state index contributed by atoms with van der Waals surface area (Å²) in [5.41, 5.74) is 0. The van der Waals surface area contributed by atoms with E-state index in [-0.39, 0.29) is 5.92 Å². The van der Waals surface area contributed by atoms with Gasteiger partial charge in [0.2, 0.25) is 0 Å². The molecule has 0 saturated carbocycles. The molecule has 0 aromatic carbocycles. The number of hydrogen-bond donors (Lipinski definition) is 0. The van der Waals surface area contributed by atoms with E-state index >= 15 is 0 Å². The monoisotopic (exact) mass is 247 g/mol. The molecule has 12 heavy (non-hydrogen) atoms. The maximum absolute atomic E-state index is 11.8. The normalized spacial score (nSPS) is 15.2. The summed E-state index contributed by atoms with van der Waals surface area (Å²) < 4.78 is 35.4. The fourth-order valence-corrected chi connectivity index (χ4v) is 1.16. The Kier molecular flexibility index (Phi) is 5.16. The standard InChI is InChI=1S/C7H13BrF3N/c1-6(3-8)4-12(2)5-7(9,10)11/h6H,3-5H2,1-2H3. The van der Waals surface area contributed by atoms with Crippen LogP contribution in [0, 0.1) is 5.92 Å². The SMILES string of the molecule is CC(CBr)CN(C)CC(F)(F)F.